The number of rotatable bonds is 6. The molecule has 0 spiro atoms. The first-order valence-corrected chi connectivity index (χ1v) is 10.3. The molecule has 0 aliphatic rings. The minimum Gasteiger partial charge on any atom is -0.348 e. The molecular formula is C19H21F3N2O3S. The van der Waals surface area contributed by atoms with E-state index in [0.29, 0.717) is 10.4 Å². The van der Waals surface area contributed by atoms with Crippen molar-refractivity contribution in [1.82, 2.24) is 5.32 Å². The van der Waals surface area contributed by atoms with Crippen molar-refractivity contribution in [3.63, 3.8) is 0 Å². The van der Waals surface area contributed by atoms with Crippen molar-refractivity contribution in [2.45, 2.75) is 32.1 Å². The molecule has 1 N–H and O–H groups in total. The molecular weight excluding hydrogens is 393 g/mol. The van der Waals surface area contributed by atoms with Gasteiger partial charge in [0.25, 0.3) is 0 Å². The summed E-state index contributed by atoms with van der Waals surface area (Å²) in [6, 6.07) is 11.3. The summed E-state index contributed by atoms with van der Waals surface area (Å²) in [6.07, 6.45) is -3.79. The molecule has 5 nitrogen and oxygen atoms in total. The molecule has 0 saturated heterocycles. The van der Waals surface area contributed by atoms with Gasteiger partial charge in [-0.2, -0.15) is 13.2 Å². The smallest absolute Gasteiger partial charge is 0.348 e. The Morgan fingerprint density at radius 2 is 1.64 bits per heavy atom. The number of carbonyl (C=O) groups is 1. The average molecular weight is 414 g/mol. The van der Waals surface area contributed by atoms with Gasteiger partial charge in [-0.3, -0.25) is 9.10 Å². The normalized spacial score (nSPS) is 14.2. The third-order valence-corrected chi connectivity index (χ3v) is 5.42. The second-order valence-electron chi connectivity index (χ2n) is 6.42. The highest BCUT2D eigenvalue weighted by Crippen LogP contribution is 2.32. The van der Waals surface area contributed by atoms with Crippen molar-refractivity contribution in [2.75, 3.05) is 10.6 Å². The molecule has 0 fully saturated rings. The summed E-state index contributed by atoms with van der Waals surface area (Å²) in [4.78, 5) is 12.6. The van der Waals surface area contributed by atoms with E-state index in [9.17, 15) is 26.4 Å². The topological polar surface area (TPSA) is 66.5 Å². The van der Waals surface area contributed by atoms with Gasteiger partial charge in [0.1, 0.15) is 6.04 Å². The Morgan fingerprint density at radius 3 is 2.18 bits per heavy atom. The number of nitrogens with one attached hydrogen (secondary N) is 1. The van der Waals surface area contributed by atoms with Crippen molar-refractivity contribution >= 4 is 21.6 Å². The number of benzene rings is 2. The fourth-order valence-electron chi connectivity index (χ4n) is 2.79. The summed E-state index contributed by atoms with van der Waals surface area (Å²) in [5.41, 5.74) is -0.413. The molecule has 2 aromatic carbocycles. The Kier molecular flexibility index (Phi) is 6.38. The number of nitrogens with zero attached hydrogens (tertiary/aromatic N) is 1. The molecule has 0 aliphatic carbocycles. The molecule has 0 radical (unpaired) electrons. The fraction of sp³-hybridized carbons (Fsp3) is 0.316. The lowest BCUT2D eigenvalue weighted by molar-refractivity contribution is -0.137. The fourth-order valence-corrected chi connectivity index (χ4v) is 3.95. The van der Waals surface area contributed by atoms with E-state index in [-0.39, 0.29) is 5.69 Å². The Hall–Kier alpha value is -2.55. The molecule has 0 saturated carbocycles. The summed E-state index contributed by atoms with van der Waals surface area (Å²) in [7, 11) is -4.02. The average Bonchev–Trinajstić information content (AvgIpc) is 2.60. The van der Waals surface area contributed by atoms with Crippen LogP contribution in [0.15, 0.2) is 54.6 Å². The highest BCUT2D eigenvalue weighted by atomic mass is 32.2. The van der Waals surface area contributed by atoms with Crippen molar-refractivity contribution in [3.8, 4) is 0 Å². The van der Waals surface area contributed by atoms with Gasteiger partial charge < -0.3 is 5.32 Å². The second-order valence-corrected chi connectivity index (χ2v) is 8.28. The van der Waals surface area contributed by atoms with Gasteiger partial charge in [0.15, 0.2) is 0 Å². The molecule has 0 heterocycles. The monoisotopic (exact) mass is 414 g/mol. The molecule has 152 valence electrons. The summed E-state index contributed by atoms with van der Waals surface area (Å²) in [6.45, 7) is 3.06. The van der Waals surface area contributed by atoms with E-state index in [1.165, 1.54) is 13.0 Å². The van der Waals surface area contributed by atoms with E-state index in [0.717, 1.165) is 24.0 Å². The molecule has 0 aromatic heterocycles. The third kappa shape index (κ3) is 5.25. The SMILES string of the molecule is C[C@H](NC(=O)[C@@H](C)N(c1cccc(C(F)(F)F)c1)S(C)(=O)=O)c1ccccc1. The molecule has 28 heavy (non-hydrogen) atoms. The van der Waals surface area contributed by atoms with Crippen LogP contribution in [-0.2, 0) is 21.0 Å². The van der Waals surface area contributed by atoms with Crippen LogP contribution < -0.4 is 9.62 Å². The Balaban J connectivity index is 2.32. The van der Waals surface area contributed by atoms with Crippen LogP contribution in [0, 0.1) is 0 Å². The summed E-state index contributed by atoms with van der Waals surface area (Å²) in [5.74, 6) is -0.626. The summed E-state index contributed by atoms with van der Waals surface area (Å²) >= 11 is 0. The van der Waals surface area contributed by atoms with Crippen molar-refractivity contribution in [3.05, 3.63) is 65.7 Å². The molecule has 2 rings (SSSR count). The number of hydrogen-bond acceptors (Lipinski definition) is 3. The van der Waals surface area contributed by atoms with Crippen molar-refractivity contribution in [1.29, 1.82) is 0 Å². The Morgan fingerprint density at radius 1 is 1.04 bits per heavy atom. The van der Waals surface area contributed by atoms with Gasteiger partial charge in [-0.1, -0.05) is 36.4 Å². The Bertz CT molecular complexity index is 931. The van der Waals surface area contributed by atoms with E-state index in [1.807, 2.05) is 6.07 Å². The molecule has 2 atom stereocenters. The van der Waals surface area contributed by atoms with Gasteiger partial charge in [-0.25, -0.2) is 8.42 Å². The first kappa shape index (κ1) is 21.7. The van der Waals surface area contributed by atoms with Crippen LogP contribution in [0.25, 0.3) is 0 Å². The van der Waals surface area contributed by atoms with Crippen LogP contribution in [0.3, 0.4) is 0 Å². The van der Waals surface area contributed by atoms with Crippen LogP contribution >= 0.6 is 0 Å². The van der Waals surface area contributed by atoms with Crippen molar-refractivity contribution < 1.29 is 26.4 Å². The number of anilines is 1. The van der Waals surface area contributed by atoms with Crippen LogP contribution in [0.1, 0.15) is 31.0 Å². The molecule has 0 aliphatic heterocycles. The largest absolute Gasteiger partial charge is 0.416 e. The number of amides is 1. The lowest BCUT2D eigenvalue weighted by atomic mass is 10.1. The molecule has 1 amide bonds. The maximum atomic E-state index is 13.0. The first-order valence-electron chi connectivity index (χ1n) is 8.43. The quantitative estimate of drug-likeness (QED) is 0.783. The minimum absolute atomic E-state index is 0.229. The standard InChI is InChI=1S/C19H21F3N2O3S/c1-13(15-8-5-4-6-9-15)23-18(25)14(2)24(28(3,26)27)17-11-7-10-16(12-17)19(20,21)22/h4-14H,1-3H3,(H,23,25)/t13-,14+/m0/s1. The zero-order valence-electron chi connectivity index (χ0n) is 15.6. The van der Waals surface area contributed by atoms with E-state index < -0.39 is 39.8 Å². The lowest BCUT2D eigenvalue weighted by Gasteiger charge is -2.29. The second kappa shape index (κ2) is 8.22. The molecule has 0 unspecified atom stereocenters. The lowest BCUT2D eigenvalue weighted by Crippen LogP contribution is -2.48. The number of sulfonamides is 1. The minimum atomic E-state index is -4.63. The maximum absolute atomic E-state index is 13.0. The summed E-state index contributed by atoms with van der Waals surface area (Å²) in [5, 5.41) is 2.70. The van der Waals surface area contributed by atoms with E-state index in [4.69, 9.17) is 0 Å². The van der Waals surface area contributed by atoms with Gasteiger partial charge in [-0.15, -0.1) is 0 Å². The maximum Gasteiger partial charge on any atom is 0.416 e. The molecule has 2 aromatic rings. The van der Waals surface area contributed by atoms with E-state index in [1.54, 1.807) is 31.2 Å². The van der Waals surface area contributed by atoms with Gasteiger partial charge in [-0.05, 0) is 37.6 Å². The number of halogens is 3. The highest BCUT2D eigenvalue weighted by molar-refractivity contribution is 7.92. The van der Waals surface area contributed by atoms with Gasteiger partial charge in [0.05, 0.1) is 23.5 Å². The van der Waals surface area contributed by atoms with Crippen LogP contribution in [0.5, 0.6) is 0 Å². The molecule has 0 bridgehead atoms. The van der Waals surface area contributed by atoms with Crippen molar-refractivity contribution in [2.24, 2.45) is 0 Å². The van der Waals surface area contributed by atoms with Crippen LogP contribution in [0.2, 0.25) is 0 Å². The van der Waals surface area contributed by atoms with E-state index >= 15 is 0 Å². The predicted molar refractivity (Wildman–Crippen MR) is 101 cm³/mol. The number of hydrogen-bond donors (Lipinski definition) is 1. The highest BCUT2D eigenvalue weighted by Gasteiger charge is 2.34. The zero-order chi connectivity index (χ0) is 21.1. The zero-order valence-corrected chi connectivity index (χ0v) is 16.4. The van der Waals surface area contributed by atoms with Crippen LogP contribution in [-0.4, -0.2) is 26.6 Å². The number of carbonyl (C=O) groups excluding carboxylic acids is 1. The van der Waals surface area contributed by atoms with Crippen LogP contribution in [0.4, 0.5) is 18.9 Å². The first-order chi connectivity index (χ1) is 12.9. The number of alkyl halides is 3. The predicted octanol–water partition coefficient (Wildman–Crippen LogP) is 3.74. The van der Waals surface area contributed by atoms with Gasteiger partial charge >= 0.3 is 6.18 Å². The molecule has 9 heteroatoms. The van der Waals surface area contributed by atoms with Gasteiger partial charge in [0, 0.05) is 0 Å². The van der Waals surface area contributed by atoms with E-state index in [2.05, 4.69) is 5.32 Å². The summed E-state index contributed by atoms with van der Waals surface area (Å²) < 4.78 is 64.2. The Labute approximate surface area is 162 Å². The van der Waals surface area contributed by atoms with Gasteiger partial charge in [0.2, 0.25) is 15.9 Å². The third-order valence-electron chi connectivity index (χ3n) is 4.17.